The molecule has 0 radical (unpaired) electrons. The number of hydrogen-bond acceptors (Lipinski definition) is 6. The predicted molar refractivity (Wildman–Crippen MR) is 99.5 cm³/mol. The highest BCUT2D eigenvalue weighted by Gasteiger charge is 2.20. The Morgan fingerprint density at radius 2 is 1.12 bits per heavy atom. The quantitative estimate of drug-likeness (QED) is 0.871. The van der Waals surface area contributed by atoms with Gasteiger partial charge in [0.2, 0.25) is 0 Å². The summed E-state index contributed by atoms with van der Waals surface area (Å²) in [5, 5.41) is 23.2. The maximum absolute atomic E-state index is 10.6. The van der Waals surface area contributed by atoms with Gasteiger partial charge in [-0.05, 0) is 22.9 Å². The minimum atomic E-state index is 0.290. The van der Waals surface area contributed by atoms with E-state index in [1.54, 1.807) is 12.1 Å². The van der Waals surface area contributed by atoms with Crippen LogP contribution in [0, 0.1) is 0 Å². The third kappa shape index (κ3) is 3.64. The number of morpholine rings is 2. The Kier molecular flexibility index (Phi) is 5.26. The molecule has 4 rings (SSSR count). The van der Waals surface area contributed by atoms with E-state index in [4.69, 9.17) is 9.47 Å². The highest BCUT2D eigenvalue weighted by atomic mass is 16.5. The molecule has 2 N–H and O–H groups in total. The number of phenolic OH excluding ortho intramolecular Hbond substituents is 2. The maximum atomic E-state index is 10.6. The van der Waals surface area contributed by atoms with Crippen molar-refractivity contribution in [3.05, 3.63) is 35.4 Å². The normalized spacial score (nSPS) is 19.8. The summed E-state index contributed by atoms with van der Waals surface area (Å²) in [5.74, 6) is 0.579. The highest BCUT2D eigenvalue weighted by Crippen LogP contribution is 2.36. The summed E-state index contributed by atoms with van der Waals surface area (Å²) < 4.78 is 10.9. The van der Waals surface area contributed by atoms with Gasteiger partial charge in [-0.1, -0.05) is 12.1 Å². The van der Waals surface area contributed by atoms with Gasteiger partial charge in [-0.2, -0.15) is 0 Å². The molecule has 0 amide bonds. The lowest BCUT2D eigenvalue weighted by atomic mass is 9.96. The van der Waals surface area contributed by atoms with Crippen LogP contribution in [-0.2, 0) is 22.6 Å². The lowest BCUT2D eigenvalue weighted by molar-refractivity contribution is 0.0334. The SMILES string of the molecule is Oc1ccc2ccc(O)c(CN3CCOCC3)c2c1CN1CCOCC1. The zero-order valence-corrected chi connectivity index (χ0v) is 15.0. The fourth-order valence-electron chi connectivity index (χ4n) is 3.83. The highest BCUT2D eigenvalue weighted by molar-refractivity contribution is 5.92. The van der Waals surface area contributed by atoms with E-state index in [-0.39, 0.29) is 11.5 Å². The molecule has 2 aromatic carbocycles. The van der Waals surface area contributed by atoms with Crippen LogP contribution in [0.25, 0.3) is 10.8 Å². The van der Waals surface area contributed by atoms with Crippen LogP contribution in [0.3, 0.4) is 0 Å². The molecule has 0 saturated carbocycles. The Labute approximate surface area is 153 Å². The lowest BCUT2D eigenvalue weighted by Crippen LogP contribution is -2.36. The molecule has 2 fully saturated rings. The average Bonchev–Trinajstić information content (AvgIpc) is 2.68. The van der Waals surface area contributed by atoms with Gasteiger partial charge >= 0.3 is 0 Å². The van der Waals surface area contributed by atoms with Crippen LogP contribution in [0.2, 0.25) is 0 Å². The summed E-state index contributed by atoms with van der Waals surface area (Å²) in [4.78, 5) is 4.58. The number of fused-ring (bicyclic) bond motifs is 1. The topological polar surface area (TPSA) is 65.4 Å². The van der Waals surface area contributed by atoms with E-state index in [9.17, 15) is 10.2 Å². The lowest BCUT2D eigenvalue weighted by Gasteiger charge is -2.29. The molecule has 6 heteroatoms. The molecular weight excluding hydrogens is 332 g/mol. The molecule has 0 unspecified atom stereocenters. The summed E-state index contributed by atoms with van der Waals surface area (Å²) in [6.07, 6.45) is 0. The first-order valence-corrected chi connectivity index (χ1v) is 9.28. The Bertz CT molecular complexity index is 707. The number of aromatic hydroxyl groups is 2. The molecule has 0 bridgehead atoms. The first-order valence-electron chi connectivity index (χ1n) is 9.28. The monoisotopic (exact) mass is 358 g/mol. The van der Waals surface area contributed by atoms with Gasteiger partial charge in [-0.25, -0.2) is 0 Å². The van der Waals surface area contributed by atoms with Crippen LogP contribution in [0.15, 0.2) is 24.3 Å². The van der Waals surface area contributed by atoms with Crippen LogP contribution >= 0.6 is 0 Å². The van der Waals surface area contributed by atoms with Crippen molar-refractivity contribution >= 4 is 10.8 Å². The Hall–Kier alpha value is -1.86. The van der Waals surface area contributed by atoms with Gasteiger partial charge in [-0.15, -0.1) is 0 Å². The zero-order valence-electron chi connectivity index (χ0n) is 15.0. The van der Waals surface area contributed by atoms with Crippen molar-refractivity contribution in [2.45, 2.75) is 13.1 Å². The standard InChI is InChI=1S/C20H26N2O4/c23-18-3-1-15-2-4-19(24)17(14-22-7-11-26-12-8-22)20(15)16(18)13-21-5-9-25-10-6-21/h1-4,23-24H,5-14H2. The van der Waals surface area contributed by atoms with E-state index in [2.05, 4.69) is 9.80 Å². The maximum Gasteiger partial charge on any atom is 0.120 e. The zero-order chi connectivity index (χ0) is 17.9. The van der Waals surface area contributed by atoms with Crippen molar-refractivity contribution in [1.82, 2.24) is 9.80 Å². The third-order valence-corrected chi connectivity index (χ3v) is 5.32. The second kappa shape index (κ2) is 7.80. The van der Waals surface area contributed by atoms with Gasteiger partial charge in [0.05, 0.1) is 26.4 Å². The fraction of sp³-hybridized carbons (Fsp3) is 0.500. The first-order chi connectivity index (χ1) is 12.7. The van der Waals surface area contributed by atoms with Crippen LogP contribution < -0.4 is 0 Å². The molecule has 2 aliphatic heterocycles. The van der Waals surface area contributed by atoms with Crippen molar-refractivity contribution in [3.8, 4) is 11.5 Å². The van der Waals surface area contributed by atoms with Crippen LogP contribution in [0.5, 0.6) is 11.5 Å². The number of benzene rings is 2. The molecule has 2 aromatic rings. The molecule has 0 aromatic heterocycles. The van der Waals surface area contributed by atoms with E-state index >= 15 is 0 Å². The molecule has 6 nitrogen and oxygen atoms in total. The number of rotatable bonds is 4. The van der Waals surface area contributed by atoms with Gasteiger partial charge in [0.15, 0.2) is 0 Å². The van der Waals surface area contributed by atoms with Crippen molar-refractivity contribution in [2.75, 3.05) is 52.6 Å². The second-order valence-electron chi connectivity index (χ2n) is 7.00. The number of hydrogen-bond donors (Lipinski definition) is 2. The van der Waals surface area contributed by atoms with Gasteiger partial charge in [0.25, 0.3) is 0 Å². The van der Waals surface area contributed by atoms with Crippen LogP contribution in [0.4, 0.5) is 0 Å². The van der Waals surface area contributed by atoms with Crippen LogP contribution in [0.1, 0.15) is 11.1 Å². The molecule has 2 heterocycles. The predicted octanol–water partition coefficient (Wildman–Crippen LogP) is 1.92. The summed E-state index contributed by atoms with van der Waals surface area (Å²) in [7, 11) is 0. The Balaban J connectivity index is 1.73. The third-order valence-electron chi connectivity index (χ3n) is 5.32. The molecular formula is C20H26N2O4. The van der Waals surface area contributed by atoms with Crippen molar-refractivity contribution in [2.24, 2.45) is 0 Å². The number of ether oxygens (including phenoxy) is 2. The van der Waals surface area contributed by atoms with Crippen molar-refractivity contribution < 1.29 is 19.7 Å². The first kappa shape index (κ1) is 17.5. The van der Waals surface area contributed by atoms with Crippen molar-refractivity contribution in [3.63, 3.8) is 0 Å². The largest absolute Gasteiger partial charge is 0.508 e. The Morgan fingerprint density at radius 1 is 0.692 bits per heavy atom. The van der Waals surface area contributed by atoms with Gasteiger partial charge in [0, 0.05) is 50.4 Å². The second-order valence-corrected chi connectivity index (χ2v) is 7.00. The van der Waals surface area contributed by atoms with E-state index in [0.29, 0.717) is 13.1 Å². The number of nitrogens with zero attached hydrogens (tertiary/aromatic N) is 2. The molecule has 26 heavy (non-hydrogen) atoms. The summed E-state index contributed by atoms with van der Waals surface area (Å²) >= 11 is 0. The van der Waals surface area contributed by atoms with Gasteiger partial charge in [0.1, 0.15) is 11.5 Å². The summed E-state index contributed by atoms with van der Waals surface area (Å²) in [6, 6.07) is 7.37. The van der Waals surface area contributed by atoms with Crippen molar-refractivity contribution in [1.29, 1.82) is 0 Å². The molecule has 2 saturated heterocycles. The Morgan fingerprint density at radius 3 is 1.54 bits per heavy atom. The van der Waals surface area contributed by atoms with E-state index < -0.39 is 0 Å². The van der Waals surface area contributed by atoms with Crippen LogP contribution in [-0.4, -0.2) is 72.6 Å². The molecule has 0 atom stereocenters. The minimum absolute atomic E-state index is 0.290. The molecule has 0 aliphatic carbocycles. The molecule has 0 spiro atoms. The van der Waals surface area contributed by atoms with E-state index in [0.717, 1.165) is 74.5 Å². The van der Waals surface area contributed by atoms with E-state index in [1.165, 1.54) is 0 Å². The molecule has 2 aliphatic rings. The summed E-state index contributed by atoms with van der Waals surface area (Å²) in [5.41, 5.74) is 1.78. The number of phenols is 2. The van der Waals surface area contributed by atoms with Gasteiger partial charge in [-0.3, -0.25) is 9.80 Å². The minimum Gasteiger partial charge on any atom is -0.508 e. The smallest absolute Gasteiger partial charge is 0.120 e. The fourth-order valence-corrected chi connectivity index (χ4v) is 3.83. The van der Waals surface area contributed by atoms with E-state index in [1.807, 2.05) is 12.1 Å². The average molecular weight is 358 g/mol. The molecule has 140 valence electrons. The van der Waals surface area contributed by atoms with Gasteiger partial charge < -0.3 is 19.7 Å². The summed E-state index contributed by atoms with van der Waals surface area (Å²) in [6.45, 7) is 7.61.